The smallest absolute Gasteiger partial charge is 0.240 e. The normalized spacial score (nSPS) is 15.9. The number of hydrogen-bond acceptors (Lipinski definition) is 6. The van der Waals surface area contributed by atoms with E-state index < -0.39 is 0 Å². The molecule has 0 spiro atoms. The van der Waals surface area contributed by atoms with Crippen LogP contribution in [0.1, 0.15) is 82.1 Å². The van der Waals surface area contributed by atoms with E-state index in [-0.39, 0.29) is 11.8 Å². The molecule has 0 saturated carbocycles. The van der Waals surface area contributed by atoms with E-state index >= 15 is 0 Å². The summed E-state index contributed by atoms with van der Waals surface area (Å²) >= 11 is 0. The number of para-hydroxylation sites is 1. The standard InChI is InChI=1S/C24H37N5O2/c1-16(2)19-8-7-9-20(17(3)4)23(19)25-21(30)14-28-10-12-29(13-11-28)15-22-26-24(18(5)6)27-31-22/h7-9,16-18H,10-15H2,1-6H3,(H,25,30). The summed E-state index contributed by atoms with van der Waals surface area (Å²) in [6, 6.07) is 6.33. The first kappa shape index (κ1) is 23.4. The average Bonchev–Trinajstić information content (AvgIpc) is 3.18. The van der Waals surface area contributed by atoms with Gasteiger partial charge in [0.2, 0.25) is 11.8 Å². The van der Waals surface area contributed by atoms with Crippen molar-refractivity contribution >= 4 is 11.6 Å². The number of anilines is 1. The number of piperazine rings is 1. The molecule has 3 rings (SSSR count). The van der Waals surface area contributed by atoms with Crippen LogP contribution in [0.4, 0.5) is 5.69 Å². The van der Waals surface area contributed by atoms with Crippen molar-refractivity contribution in [3.63, 3.8) is 0 Å². The number of carbonyl (C=O) groups excluding carboxylic acids is 1. The number of amides is 1. The first-order valence-electron chi connectivity index (χ1n) is 11.4. The molecule has 7 heteroatoms. The van der Waals surface area contributed by atoms with Crippen molar-refractivity contribution in [3.8, 4) is 0 Å². The topological polar surface area (TPSA) is 74.5 Å². The summed E-state index contributed by atoms with van der Waals surface area (Å²) in [6.45, 7) is 17.3. The molecule has 31 heavy (non-hydrogen) atoms. The fourth-order valence-corrected chi connectivity index (χ4v) is 3.94. The second-order valence-corrected chi connectivity index (χ2v) is 9.42. The molecule has 2 heterocycles. The van der Waals surface area contributed by atoms with Crippen LogP contribution in [0.5, 0.6) is 0 Å². The lowest BCUT2D eigenvalue weighted by molar-refractivity contribution is -0.117. The highest BCUT2D eigenvalue weighted by Crippen LogP contribution is 2.32. The Morgan fingerprint density at radius 1 is 0.968 bits per heavy atom. The van der Waals surface area contributed by atoms with Crippen LogP contribution < -0.4 is 5.32 Å². The van der Waals surface area contributed by atoms with Crippen molar-refractivity contribution in [1.82, 2.24) is 19.9 Å². The van der Waals surface area contributed by atoms with E-state index in [4.69, 9.17) is 4.52 Å². The number of benzene rings is 1. The maximum atomic E-state index is 12.9. The third-order valence-electron chi connectivity index (χ3n) is 5.83. The van der Waals surface area contributed by atoms with Gasteiger partial charge in [0.1, 0.15) is 0 Å². The van der Waals surface area contributed by atoms with Crippen LogP contribution in [0.15, 0.2) is 22.7 Å². The highest BCUT2D eigenvalue weighted by Gasteiger charge is 2.22. The van der Waals surface area contributed by atoms with Crippen molar-refractivity contribution in [2.75, 3.05) is 38.0 Å². The second-order valence-electron chi connectivity index (χ2n) is 9.42. The van der Waals surface area contributed by atoms with Gasteiger partial charge in [0, 0.05) is 37.8 Å². The van der Waals surface area contributed by atoms with Crippen LogP contribution in [-0.4, -0.2) is 58.6 Å². The molecule has 0 unspecified atom stereocenters. The Morgan fingerprint density at radius 2 is 1.55 bits per heavy atom. The predicted octanol–water partition coefficient (Wildman–Crippen LogP) is 4.20. The molecule has 0 atom stereocenters. The highest BCUT2D eigenvalue weighted by atomic mass is 16.5. The minimum absolute atomic E-state index is 0.0573. The summed E-state index contributed by atoms with van der Waals surface area (Å²) in [5.74, 6) is 2.47. The van der Waals surface area contributed by atoms with Crippen LogP contribution in [-0.2, 0) is 11.3 Å². The zero-order valence-electron chi connectivity index (χ0n) is 19.8. The fourth-order valence-electron chi connectivity index (χ4n) is 3.94. The minimum Gasteiger partial charge on any atom is -0.338 e. The van der Waals surface area contributed by atoms with Gasteiger partial charge in [-0.3, -0.25) is 14.6 Å². The Kier molecular flexibility index (Phi) is 7.84. The molecule has 1 aliphatic heterocycles. The van der Waals surface area contributed by atoms with Crippen LogP contribution in [0.3, 0.4) is 0 Å². The summed E-state index contributed by atoms with van der Waals surface area (Å²) in [4.78, 5) is 21.9. The van der Waals surface area contributed by atoms with E-state index in [2.05, 4.69) is 85.0 Å². The van der Waals surface area contributed by atoms with Gasteiger partial charge in [0.15, 0.2) is 5.82 Å². The third-order valence-corrected chi connectivity index (χ3v) is 5.83. The summed E-state index contributed by atoms with van der Waals surface area (Å²) in [7, 11) is 0. The van der Waals surface area contributed by atoms with Gasteiger partial charge in [-0.05, 0) is 23.0 Å². The molecule has 0 radical (unpaired) electrons. The van der Waals surface area contributed by atoms with E-state index in [1.54, 1.807) is 0 Å². The molecule has 170 valence electrons. The number of nitrogens with zero attached hydrogens (tertiary/aromatic N) is 4. The Bertz CT molecular complexity index is 840. The molecule has 1 aliphatic rings. The van der Waals surface area contributed by atoms with E-state index in [1.807, 2.05) is 0 Å². The van der Waals surface area contributed by atoms with Crippen LogP contribution in [0.25, 0.3) is 0 Å². The Labute approximate surface area is 186 Å². The fraction of sp³-hybridized carbons (Fsp3) is 0.625. The van der Waals surface area contributed by atoms with Gasteiger partial charge in [-0.25, -0.2) is 0 Å². The number of hydrogen-bond donors (Lipinski definition) is 1. The van der Waals surface area contributed by atoms with E-state index in [0.717, 1.165) is 37.7 Å². The van der Waals surface area contributed by atoms with Crippen molar-refractivity contribution < 1.29 is 9.32 Å². The van der Waals surface area contributed by atoms with Crippen LogP contribution in [0, 0.1) is 0 Å². The summed E-state index contributed by atoms with van der Waals surface area (Å²) in [6.07, 6.45) is 0. The molecular weight excluding hydrogens is 390 g/mol. The summed E-state index contributed by atoms with van der Waals surface area (Å²) < 4.78 is 5.37. The van der Waals surface area contributed by atoms with Gasteiger partial charge >= 0.3 is 0 Å². The van der Waals surface area contributed by atoms with Crippen LogP contribution in [0.2, 0.25) is 0 Å². The number of rotatable bonds is 8. The first-order chi connectivity index (χ1) is 14.7. The molecule has 0 bridgehead atoms. The molecule has 1 amide bonds. The maximum absolute atomic E-state index is 12.9. The largest absolute Gasteiger partial charge is 0.338 e. The van der Waals surface area contributed by atoms with Gasteiger partial charge in [0.05, 0.1) is 13.1 Å². The Hall–Kier alpha value is -2.25. The highest BCUT2D eigenvalue weighted by molar-refractivity contribution is 5.94. The quantitative estimate of drug-likeness (QED) is 0.681. The number of aromatic nitrogens is 2. The van der Waals surface area contributed by atoms with Crippen LogP contribution >= 0.6 is 0 Å². The zero-order chi connectivity index (χ0) is 22.5. The molecule has 1 aromatic heterocycles. The van der Waals surface area contributed by atoms with Crippen molar-refractivity contribution in [2.45, 2.75) is 65.8 Å². The lowest BCUT2D eigenvalue weighted by Crippen LogP contribution is -2.48. The molecule has 0 aliphatic carbocycles. The van der Waals surface area contributed by atoms with Crippen molar-refractivity contribution in [2.24, 2.45) is 0 Å². The van der Waals surface area contributed by atoms with Gasteiger partial charge in [-0.1, -0.05) is 64.9 Å². The molecule has 1 aromatic carbocycles. The molecule has 1 saturated heterocycles. The van der Waals surface area contributed by atoms with Gasteiger partial charge < -0.3 is 9.84 Å². The third kappa shape index (κ3) is 6.14. The minimum atomic E-state index is 0.0573. The SMILES string of the molecule is CC(C)c1noc(CN2CCN(CC(=O)Nc3c(C(C)C)cccc3C(C)C)CC2)n1. The van der Waals surface area contributed by atoms with E-state index in [1.165, 1.54) is 11.1 Å². The average molecular weight is 428 g/mol. The lowest BCUT2D eigenvalue weighted by Gasteiger charge is -2.33. The second kappa shape index (κ2) is 10.4. The maximum Gasteiger partial charge on any atom is 0.240 e. The van der Waals surface area contributed by atoms with Crippen molar-refractivity contribution in [1.29, 1.82) is 0 Å². The summed E-state index contributed by atoms with van der Waals surface area (Å²) in [5, 5.41) is 7.26. The molecule has 1 fully saturated rings. The first-order valence-corrected chi connectivity index (χ1v) is 11.4. The monoisotopic (exact) mass is 427 g/mol. The Balaban J connectivity index is 1.53. The molecule has 2 aromatic rings. The molecule has 7 nitrogen and oxygen atoms in total. The molecule has 1 N–H and O–H groups in total. The lowest BCUT2D eigenvalue weighted by atomic mass is 9.92. The summed E-state index contributed by atoms with van der Waals surface area (Å²) in [5.41, 5.74) is 3.39. The van der Waals surface area contributed by atoms with Gasteiger partial charge in [-0.2, -0.15) is 4.98 Å². The molecular formula is C24H37N5O2. The van der Waals surface area contributed by atoms with E-state index in [9.17, 15) is 4.79 Å². The van der Waals surface area contributed by atoms with Gasteiger partial charge in [-0.15, -0.1) is 0 Å². The predicted molar refractivity (Wildman–Crippen MR) is 123 cm³/mol. The van der Waals surface area contributed by atoms with E-state index in [0.29, 0.717) is 30.8 Å². The number of carbonyl (C=O) groups is 1. The van der Waals surface area contributed by atoms with Gasteiger partial charge in [0.25, 0.3) is 0 Å². The Morgan fingerprint density at radius 3 is 2.06 bits per heavy atom. The zero-order valence-corrected chi connectivity index (χ0v) is 19.8. The van der Waals surface area contributed by atoms with Crippen molar-refractivity contribution in [3.05, 3.63) is 41.0 Å². The number of nitrogens with one attached hydrogen (secondary N) is 1.